The first-order valence-corrected chi connectivity index (χ1v) is 9.72. The van der Waals surface area contributed by atoms with Crippen molar-refractivity contribution in [3.05, 3.63) is 41.8 Å². The second-order valence-electron chi connectivity index (χ2n) is 7.04. The topological polar surface area (TPSA) is 41.3 Å². The summed E-state index contributed by atoms with van der Waals surface area (Å²) in [6, 6.07) is 6.63. The number of aryl methyl sites for hydroxylation is 1. The molecule has 1 heterocycles. The van der Waals surface area contributed by atoms with Gasteiger partial charge in [-0.05, 0) is 63.5 Å². The van der Waals surface area contributed by atoms with Crippen molar-refractivity contribution >= 4 is 0 Å². The molecule has 1 unspecified atom stereocenters. The normalized spacial score (nSPS) is 12.7. The molecule has 0 bridgehead atoms. The Labute approximate surface area is 156 Å². The summed E-state index contributed by atoms with van der Waals surface area (Å²) in [6.07, 6.45) is 6.44. The summed E-state index contributed by atoms with van der Waals surface area (Å²) in [6.45, 7) is 6.81. The van der Waals surface area contributed by atoms with Crippen molar-refractivity contribution in [3.8, 4) is 11.3 Å². The average Bonchev–Trinajstić information content (AvgIpc) is 3.02. The molecule has 0 aliphatic carbocycles. The molecule has 0 amide bonds. The molecule has 2 aromatic rings. The summed E-state index contributed by atoms with van der Waals surface area (Å²) < 4.78 is 15.3. The van der Waals surface area contributed by atoms with Crippen LogP contribution in [-0.2, 0) is 13.1 Å². The zero-order valence-corrected chi connectivity index (χ0v) is 16.3. The van der Waals surface area contributed by atoms with Crippen molar-refractivity contribution in [1.82, 2.24) is 14.7 Å². The summed E-state index contributed by atoms with van der Waals surface area (Å²) >= 11 is 0. The van der Waals surface area contributed by atoms with E-state index >= 15 is 0 Å². The van der Waals surface area contributed by atoms with Gasteiger partial charge < -0.3 is 10.0 Å². The third-order valence-electron chi connectivity index (χ3n) is 4.75. The number of hydrogen-bond acceptors (Lipinski definition) is 3. The van der Waals surface area contributed by atoms with Crippen LogP contribution in [0.1, 0.15) is 51.5 Å². The highest BCUT2D eigenvalue weighted by Gasteiger charge is 2.15. The third-order valence-corrected chi connectivity index (χ3v) is 4.75. The second-order valence-corrected chi connectivity index (χ2v) is 7.04. The van der Waals surface area contributed by atoms with Crippen molar-refractivity contribution in [2.24, 2.45) is 0 Å². The number of rotatable bonds is 11. The molecule has 26 heavy (non-hydrogen) atoms. The third kappa shape index (κ3) is 5.92. The monoisotopic (exact) mass is 361 g/mol. The van der Waals surface area contributed by atoms with Gasteiger partial charge in [0, 0.05) is 24.2 Å². The average molecular weight is 362 g/mol. The fourth-order valence-corrected chi connectivity index (χ4v) is 3.13. The molecule has 1 atom stereocenters. The molecule has 5 heteroatoms. The van der Waals surface area contributed by atoms with Gasteiger partial charge in [0.25, 0.3) is 0 Å². The Balaban J connectivity index is 2.20. The van der Waals surface area contributed by atoms with Crippen LogP contribution in [0.5, 0.6) is 0 Å². The van der Waals surface area contributed by atoms with Gasteiger partial charge in [-0.2, -0.15) is 5.10 Å². The largest absolute Gasteiger partial charge is 0.393 e. The molecule has 0 aliphatic rings. The quantitative estimate of drug-likeness (QED) is 0.642. The SMILES string of the molecule is CCCCN(C)Cc1cnn(CCCC(O)CC)c1-c1ccc(F)cc1. The molecule has 0 saturated heterocycles. The summed E-state index contributed by atoms with van der Waals surface area (Å²) in [5.74, 6) is -0.229. The Kier molecular flexibility index (Phi) is 8.26. The summed E-state index contributed by atoms with van der Waals surface area (Å²) in [7, 11) is 2.12. The minimum absolute atomic E-state index is 0.229. The van der Waals surface area contributed by atoms with E-state index in [0.29, 0.717) is 0 Å². The molecule has 1 N–H and O–H groups in total. The van der Waals surface area contributed by atoms with Crippen LogP contribution in [0.2, 0.25) is 0 Å². The zero-order valence-electron chi connectivity index (χ0n) is 16.3. The maximum Gasteiger partial charge on any atom is 0.123 e. The van der Waals surface area contributed by atoms with Gasteiger partial charge in [0.2, 0.25) is 0 Å². The molecule has 0 spiro atoms. The summed E-state index contributed by atoms with van der Waals surface area (Å²) in [5, 5.41) is 14.4. The Morgan fingerprint density at radius 1 is 1.19 bits per heavy atom. The first-order valence-electron chi connectivity index (χ1n) is 9.72. The van der Waals surface area contributed by atoms with E-state index in [0.717, 1.165) is 55.7 Å². The van der Waals surface area contributed by atoms with Gasteiger partial charge in [-0.1, -0.05) is 20.3 Å². The van der Waals surface area contributed by atoms with Crippen molar-refractivity contribution in [2.75, 3.05) is 13.6 Å². The number of aliphatic hydroxyl groups is 1. The van der Waals surface area contributed by atoms with Crippen LogP contribution in [0.3, 0.4) is 0 Å². The fraction of sp³-hybridized carbons (Fsp3) is 0.571. The van der Waals surface area contributed by atoms with E-state index in [1.54, 1.807) is 0 Å². The van der Waals surface area contributed by atoms with E-state index in [2.05, 4.69) is 24.0 Å². The Morgan fingerprint density at radius 2 is 1.92 bits per heavy atom. The second kappa shape index (κ2) is 10.4. The molecule has 4 nitrogen and oxygen atoms in total. The van der Waals surface area contributed by atoms with Crippen molar-refractivity contribution in [1.29, 1.82) is 0 Å². The van der Waals surface area contributed by atoms with Gasteiger partial charge >= 0.3 is 0 Å². The standard InChI is InChI=1S/C21H32FN3O/c1-4-6-13-24(3)16-18-15-23-25(14-7-8-20(26)5-2)21(18)17-9-11-19(22)12-10-17/h9-12,15,20,26H,4-8,13-14,16H2,1-3H3. The number of hydrogen-bond donors (Lipinski definition) is 1. The minimum Gasteiger partial charge on any atom is -0.393 e. The molecule has 0 fully saturated rings. The predicted molar refractivity (Wildman–Crippen MR) is 104 cm³/mol. The van der Waals surface area contributed by atoms with Crippen LogP contribution in [0.25, 0.3) is 11.3 Å². The highest BCUT2D eigenvalue weighted by atomic mass is 19.1. The first kappa shape index (κ1) is 20.6. The number of aromatic nitrogens is 2. The molecule has 0 aliphatic heterocycles. The van der Waals surface area contributed by atoms with Gasteiger partial charge in [-0.3, -0.25) is 4.68 Å². The van der Waals surface area contributed by atoms with Gasteiger partial charge in [-0.25, -0.2) is 4.39 Å². The maximum atomic E-state index is 13.4. The number of nitrogens with zero attached hydrogens (tertiary/aromatic N) is 3. The smallest absolute Gasteiger partial charge is 0.123 e. The van der Waals surface area contributed by atoms with Crippen LogP contribution in [0.4, 0.5) is 4.39 Å². The maximum absolute atomic E-state index is 13.4. The fourth-order valence-electron chi connectivity index (χ4n) is 3.13. The van der Waals surface area contributed by atoms with E-state index in [1.807, 2.05) is 29.9 Å². The van der Waals surface area contributed by atoms with E-state index in [-0.39, 0.29) is 11.9 Å². The van der Waals surface area contributed by atoms with E-state index < -0.39 is 0 Å². The van der Waals surface area contributed by atoms with Gasteiger partial charge in [0.15, 0.2) is 0 Å². The van der Waals surface area contributed by atoms with Crippen LogP contribution in [0.15, 0.2) is 30.5 Å². The van der Waals surface area contributed by atoms with Crippen LogP contribution >= 0.6 is 0 Å². The Hall–Kier alpha value is -1.72. The minimum atomic E-state index is -0.250. The molecule has 0 saturated carbocycles. The zero-order chi connectivity index (χ0) is 18.9. The molecule has 1 aromatic heterocycles. The highest BCUT2D eigenvalue weighted by molar-refractivity contribution is 5.63. The predicted octanol–water partition coefficient (Wildman–Crippen LogP) is 4.47. The number of aliphatic hydroxyl groups excluding tert-OH is 1. The van der Waals surface area contributed by atoms with Gasteiger partial charge in [0.05, 0.1) is 18.0 Å². The van der Waals surface area contributed by atoms with Crippen LogP contribution in [-0.4, -0.2) is 39.5 Å². The molecule has 2 rings (SSSR count). The van der Waals surface area contributed by atoms with E-state index in [4.69, 9.17) is 0 Å². The summed E-state index contributed by atoms with van der Waals surface area (Å²) in [4.78, 5) is 2.30. The van der Waals surface area contributed by atoms with Crippen molar-refractivity contribution < 1.29 is 9.50 Å². The number of unbranched alkanes of at least 4 members (excludes halogenated alkanes) is 1. The molecular formula is C21H32FN3O. The molecular weight excluding hydrogens is 329 g/mol. The first-order chi connectivity index (χ1) is 12.5. The number of benzene rings is 1. The number of halogens is 1. The highest BCUT2D eigenvalue weighted by Crippen LogP contribution is 2.26. The van der Waals surface area contributed by atoms with Crippen molar-refractivity contribution in [2.45, 2.75) is 65.1 Å². The van der Waals surface area contributed by atoms with Crippen LogP contribution in [0, 0.1) is 5.82 Å². The lowest BCUT2D eigenvalue weighted by Gasteiger charge is -2.17. The van der Waals surface area contributed by atoms with E-state index in [1.165, 1.54) is 25.0 Å². The molecule has 144 valence electrons. The van der Waals surface area contributed by atoms with Crippen molar-refractivity contribution in [3.63, 3.8) is 0 Å². The van der Waals surface area contributed by atoms with E-state index in [9.17, 15) is 9.50 Å². The molecule has 0 radical (unpaired) electrons. The lowest BCUT2D eigenvalue weighted by Crippen LogP contribution is -2.19. The molecule has 1 aromatic carbocycles. The van der Waals surface area contributed by atoms with Crippen LogP contribution < -0.4 is 0 Å². The Bertz CT molecular complexity index is 654. The van der Waals surface area contributed by atoms with Gasteiger partial charge in [-0.15, -0.1) is 0 Å². The lowest BCUT2D eigenvalue weighted by molar-refractivity contribution is 0.155. The lowest BCUT2D eigenvalue weighted by atomic mass is 10.1. The summed E-state index contributed by atoms with van der Waals surface area (Å²) in [5.41, 5.74) is 3.20. The van der Waals surface area contributed by atoms with Gasteiger partial charge in [0.1, 0.15) is 5.82 Å². The Morgan fingerprint density at radius 3 is 2.58 bits per heavy atom.